The number of pyridine rings is 1. The van der Waals surface area contributed by atoms with Gasteiger partial charge in [0.05, 0.1) is 12.7 Å². The molecule has 2 aromatic heterocycles. The van der Waals surface area contributed by atoms with Crippen LogP contribution in [0.3, 0.4) is 0 Å². The van der Waals surface area contributed by atoms with Crippen LogP contribution < -0.4 is 5.32 Å². The Kier molecular flexibility index (Phi) is 4.45. The molecule has 25 heavy (non-hydrogen) atoms. The van der Waals surface area contributed by atoms with Crippen molar-refractivity contribution in [3.63, 3.8) is 0 Å². The van der Waals surface area contributed by atoms with Crippen molar-refractivity contribution in [3.05, 3.63) is 35.8 Å². The first-order chi connectivity index (χ1) is 12.1. The van der Waals surface area contributed by atoms with Gasteiger partial charge in [0.25, 0.3) is 5.91 Å². The molecule has 2 N–H and O–H groups in total. The van der Waals surface area contributed by atoms with Crippen molar-refractivity contribution in [2.45, 2.75) is 38.0 Å². The number of imidazole rings is 1. The molecule has 0 saturated carbocycles. The molecule has 2 saturated heterocycles. The Labute approximate surface area is 146 Å². The van der Waals surface area contributed by atoms with Gasteiger partial charge in [0.15, 0.2) is 0 Å². The molecular weight excluding hydrogens is 320 g/mol. The molecule has 0 bridgehead atoms. The first-order valence-electron chi connectivity index (χ1n) is 8.85. The highest BCUT2D eigenvalue weighted by atomic mass is 16.5. The average Bonchev–Trinajstić information content (AvgIpc) is 3.19. The molecule has 7 heteroatoms. The van der Waals surface area contributed by atoms with Crippen molar-refractivity contribution in [1.29, 1.82) is 0 Å². The van der Waals surface area contributed by atoms with E-state index >= 15 is 0 Å². The zero-order chi connectivity index (χ0) is 17.4. The molecule has 0 radical (unpaired) electrons. The number of carbonyl (C=O) groups excluding carboxylic acids is 1. The third kappa shape index (κ3) is 3.27. The van der Waals surface area contributed by atoms with Crippen LogP contribution in [-0.4, -0.2) is 69.8 Å². The van der Waals surface area contributed by atoms with Crippen molar-refractivity contribution in [2.75, 3.05) is 26.3 Å². The highest BCUT2D eigenvalue weighted by molar-refractivity contribution is 5.93. The molecule has 2 aromatic rings. The number of carbonyl (C=O) groups is 1. The molecule has 0 aliphatic carbocycles. The van der Waals surface area contributed by atoms with E-state index in [0.717, 1.165) is 30.7 Å². The highest BCUT2D eigenvalue weighted by Crippen LogP contribution is 2.24. The minimum Gasteiger partial charge on any atom is -0.396 e. The Morgan fingerprint density at radius 3 is 3.16 bits per heavy atom. The topological polar surface area (TPSA) is 79.1 Å². The summed E-state index contributed by atoms with van der Waals surface area (Å²) in [5.74, 6) is -0.124. The average molecular weight is 344 g/mol. The number of aliphatic hydroxyl groups is 1. The zero-order valence-electron chi connectivity index (χ0n) is 14.4. The fourth-order valence-electron chi connectivity index (χ4n) is 3.89. The summed E-state index contributed by atoms with van der Waals surface area (Å²) < 4.78 is 7.68. The Morgan fingerprint density at radius 2 is 2.36 bits per heavy atom. The van der Waals surface area contributed by atoms with E-state index in [1.165, 1.54) is 0 Å². The summed E-state index contributed by atoms with van der Waals surface area (Å²) in [5.41, 5.74) is 2.32. The van der Waals surface area contributed by atoms with E-state index in [-0.39, 0.29) is 24.7 Å². The Balaban J connectivity index is 1.40. The van der Waals surface area contributed by atoms with Gasteiger partial charge in [-0.3, -0.25) is 9.69 Å². The van der Waals surface area contributed by atoms with Gasteiger partial charge in [-0.15, -0.1) is 0 Å². The third-order valence-corrected chi connectivity index (χ3v) is 5.19. The lowest BCUT2D eigenvalue weighted by Gasteiger charge is -2.34. The van der Waals surface area contributed by atoms with Gasteiger partial charge in [-0.2, -0.15) is 0 Å². The molecule has 2 fully saturated rings. The van der Waals surface area contributed by atoms with Crippen LogP contribution in [0.2, 0.25) is 0 Å². The number of hydrogen-bond donors (Lipinski definition) is 2. The predicted octanol–water partition coefficient (Wildman–Crippen LogP) is 0.597. The molecule has 1 amide bonds. The lowest BCUT2D eigenvalue weighted by atomic mass is 10.1. The van der Waals surface area contributed by atoms with Gasteiger partial charge in [0, 0.05) is 44.2 Å². The number of morpholine rings is 1. The number of hydrogen-bond acceptors (Lipinski definition) is 5. The van der Waals surface area contributed by atoms with Crippen LogP contribution in [0.4, 0.5) is 0 Å². The fraction of sp³-hybridized carbons (Fsp3) is 0.556. The summed E-state index contributed by atoms with van der Waals surface area (Å²) >= 11 is 0. The van der Waals surface area contributed by atoms with Gasteiger partial charge in [-0.25, -0.2) is 4.98 Å². The van der Waals surface area contributed by atoms with Crippen molar-refractivity contribution in [2.24, 2.45) is 0 Å². The quantitative estimate of drug-likeness (QED) is 0.849. The second-order valence-electron chi connectivity index (χ2n) is 7.03. The molecule has 134 valence electrons. The van der Waals surface area contributed by atoms with Gasteiger partial charge in [0.1, 0.15) is 11.3 Å². The molecule has 4 rings (SSSR count). The van der Waals surface area contributed by atoms with Crippen molar-refractivity contribution in [1.82, 2.24) is 19.6 Å². The van der Waals surface area contributed by atoms with E-state index in [0.29, 0.717) is 24.8 Å². The normalized spacial score (nSPS) is 26.7. The first-order valence-corrected chi connectivity index (χ1v) is 8.85. The molecule has 0 aromatic carbocycles. The van der Waals surface area contributed by atoms with Gasteiger partial charge in [-0.05, 0) is 31.4 Å². The molecule has 4 heterocycles. The van der Waals surface area contributed by atoms with Crippen LogP contribution in [0.15, 0.2) is 24.5 Å². The van der Waals surface area contributed by atoms with Gasteiger partial charge >= 0.3 is 0 Å². The van der Waals surface area contributed by atoms with Crippen LogP contribution in [0.5, 0.6) is 0 Å². The van der Waals surface area contributed by atoms with Crippen LogP contribution in [-0.2, 0) is 4.74 Å². The van der Waals surface area contributed by atoms with Gasteiger partial charge in [-0.1, -0.05) is 6.07 Å². The maximum absolute atomic E-state index is 12.6. The maximum atomic E-state index is 12.6. The van der Waals surface area contributed by atoms with Gasteiger partial charge < -0.3 is 19.6 Å². The van der Waals surface area contributed by atoms with Gasteiger partial charge in [0.2, 0.25) is 0 Å². The number of nitrogens with one attached hydrogen (secondary N) is 1. The van der Waals surface area contributed by atoms with E-state index in [2.05, 4.69) is 15.2 Å². The first kappa shape index (κ1) is 16.5. The van der Waals surface area contributed by atoms with Crippen molar-refractivity contribution >= 4 is 11.6 Å². The summed E-state index contributed by atoms with van der Waals surface area (Å²) in [5, 5.41) is 12.2. The number of aliphatic hydroxyl groups excluding tert-OH is 1. The minimum absolute atomic E-state index is 0.0946. The molecule has 2 aliphatic rings. The number of aryl methyl sites for hydroxylation is 1. The SMILES string of the molecule is Cc1cccn2cc(C(=O)N[C@@H]3C[C@H]4CO[C@@H](CCO)CN4C3)nc12. The second-order valence-corrected chi connectivity index (χ2v) is 7.03. The third-order valence-electron chi connectivity index (χ3n) is 5.19. The van der Waals surface area contributed by atoms with E-state index in [1.54, 1.807) is 6.20 Å². The van der Waals surface area contributed by atoms with E-state index in [9.17, 15) is 4.79 Å². The fourth-order valence-corrected chi connectivity index (χ4v) is 3.89. The maximum Gasteiger partial charge on any atom is 0.271 e. The molecular formula is C18H24N4O3. The Morgan fingerprint density at radius 1 is 1.48 bits per heavy atom. The largest absolute Gasteiger partial charge is 0.396 e. The van der Waals surface area contributed by atoms with Crippen molar-refractivity contribution in [3.8, 4) is 0 Å². The summed E-state index contributed by atoms with van der Waals surface area (Å²) in [7, 11) is 0. The monoisotopic (exact) mass is 344 g/mol. The molecule has 7 nitrogen and oxygen atoms in total. The number of aromatic nitrogens is 2. The van der Waals surface area contributed by atoms with E-state index in [1.807, 2.05) is 29.7 Å². The Hall–Kier alpha value is -1.96. The molecule has 3 atom stereocenters. The number of amides is 1. The lowest BCUT2D eigenvalue weighted by Crippen LogP contribution is -2.46. The zero-order valence-corrected chi connectivity index (χ0v) is 14.4. The van der Waals surface area contributed by atoms with Crippen LogP contribution in [0.1, 0.15) is 28.9 Å². The van der Waals surface area contributed by atoms with Crippen molar-refractivity contribution < 1.29 is 14.6 Å². The van der Waals surface area contributed by atoms with E-state index in [4.69, 9.17) is 9.84 Å². The van der Waals surface area contributed by atoms with Crippen LogP contribution in [0, 0.1) is 6.92 Å². The molecule has 0 spiro atoms. The summed E-state index contributed by atoms with van der Waals surface area (Å²) in [6.45, 7) is 4.46. The van der Waals surface area contributed by atoms with E-state index < -0.39 is 0 Å². The molecule has 2 aliphatic heterocycles. The summed E-state index contributed by atoms with van der Waals surface area (Å²) in [6.07, 6.45) is 5.34. The second kappa shape index (κ2) is 6.74. The van der Waals surface area contributed by atoms with Crippen LogP contribution >= 0.6 is 0 Å². The number of fused-ring (bicyclic) bond motifs is 2. The van der Waals surface area contributed by atoms with Crippen LogP contribution in [0.25, 0.3) is 5.65 Å². The minimum atomic E-state index is -0.124. The standard InChI is InChI=1S/C18H24N4O3/c1-12-3-2-5-21-10-16(20-17(12)21)18(24)19-13-7-14-11-25-15(4-6-23)9-22(14)8-13/h2-3,5,10,13-15,23H,4,6-9,11H2,1H3,(H,19,24)/t13-,14+,15+/m1/s1. The summed E-state index contributed by atoms with van der Waals surface area (Å²) in [4.78, 5) is 19.4. The Bertz CT molecular complexity index is 775. The molecule has 0 unspecified atom stereocenters. The lowest BCUT2D eigenvalue weighted by molar-refractivity contribution is -0.0566. The smallest absolute Gasteiger partial charge is 0.271 e. The number of ether oxygens (including phenoxy) is 1. The predicted molar refractivity (Wildman–Crippen MR) is 92.6 cm³/mol. The number of rotatable bonds is 4. The summed E-state index contributed by atoms with van der Waals surface area (Å²) in [6, 6.07) is 4.40. The highest BCUT2D eigenvalue weighted by Gasteiger charge is 2.37. The number of nitrogens with zero attached hydrogens (tertiary/aromatic N) is 3.